The van der Waals surface area contributed by atoms with Gasteiger partial charge in [-0.3, -0.25) is 9.10 Å². The molecule has 0 aliphatic heterocycles. The number of aryl methyl sites for hydroxylation is 1. The fraction of sp³-hybridized carbons (Fsp3) is 0.381. The summed E-state index contributed by atoms with van der Waals surface area (Å²) < 4.78 is 35.7. The van der Waals surface area contributed by atoms with Crippen LogP contribution < -0.4 is 19.1 Å². The molecule has 2 rings (SSSR count). The van der Waals surface area contributed by atoms with Gasteiger partial charge in [-0.05, 0) is 56.2 Å². The number of carbonyl (C=O) groups excluding carboxylic acids is 1. The summed E-state index contributed by atoms with van der Waals surface area (Å²) in [6.07, 6.45) is 1.96. The van der Waals surface area contributed by atoms with E-state index in [-0.39, 0.29) is 12.3 Å². The van der Waals surface area contributed by atoms with Gasteiger partial charge in [0, 0.05) is 19.2 Å². The van der Waals surface area contributed by atoms with Crippen molar-refractivity contribution in [1.29, 1.82) is 0 Å². The molecule has 0 aliphatic rings. The SMILES string of the molecule is CCOc1ccc(CCC(=O)Nc2cccc(N(C)S(C)(=O)=O)c2)cc1OCC. The molecular weight excluding hydrogens is 392 g/mol. The first-order valence-corrected chi connectivity index (χ1v) is 11.3. The molecule has 1 amide bonds. The van der Waals surface area contributed by atoms with Gasteiger partial charge in [-0.15, -0.1) is 0 Å². The number of hydrogen-bond donors (Lipinski definition) is 1. The Morgan fingerprint density at radius 2 is 1.72 bits per heavy atom. The fourth-order valence-electron chi connectivity index (χ4n) is 2.70. The highest BCUT2D eigenvalue weighted by Gasteiger charge is 2.13. The summed E-state index contributed by atoms with van der Waals surface area (Å²) >= 11 is 0. The van der Waals surface area contributed by atoms with Gasteiger partial charge in [0.15, 0.2) is 11.5 Å². The third-order valence-electron chi connectivity index (χ3n) is 4.24. The van der Waals surface area contributed by atoms with Crippen LogP contribution in [0.25, 0.3) is 0 Å². The number of rotatable bonds is 10. The van der Waals surface area contributed by atoms with Crippen molar-refractivity contribution in [3.63, 3.8) is 0 Å². The molecule has 1 N–H and O–H groups in total. The summed E-state index contributed by atoms with van der Waals surface area (Å²) in [5.41, 5.74) is 2.00. The molecule has 0 unspecified atom stereocenters. The van der Waals surface area contributed by atoms with E-state index in [9.17, 15) is 13.2 Å². The third kappa shape index (κ3) is 6.67. The van der Waals surface area contributed by atoms with Crippen LogP contribution in [0.4, 0.5) is 11.4 Å². The second-order valence-electron chi connectivity index (χ2n) is 6.48. The third-order valence-corrected chi connectivity index (χ3v) is 5.45. The number of nitrogens with one attached hydrogen (secondary N) is 1. The minimum Gasteiger partial charge on any atom is -0.490 e. The van der Waals surface area contributed by atoms with Crippen LogP contribution in [-0.2, 0) is 21.2 Å². The van der Waals surface area contributed by atoms with Gasteiger partial charge in [0.05, 0.1) is 25.2 Å². The highest BCUT2D eigenvalue weighted by atomic mass is 32.2. The molecular formula is C21H28N2O5S. The molecule has 0 saturated carbocycles. The van der Waals surface area contributed by atoms with E-state index < -0.39 is 10.0 Å². The predicted octanol–water partition coefficient (Wildman–Crippen LogP) is 3.45. The molecule has 8 heteroatoms. The Hall–Kier alpha value is -2.74. The maximum Gasteiger partial charge on any atom is 0.231 e. The summed E-state index contributed by atoms with van der Waals surface area (Å²) in [6, 6.07) is 12.4. The van der Waals surface area contributed by atoms with Crippen LogP contribution in [0.5, 0.6) is 11.5 Å². The van der Waals surface area contributed by atoms with Gasteiger partial charge in [-0.25, -0.2) is 8.42 Å². The Morgan fingerprint density at radius 1 is 1.03 bits per heavy atom. The van der Waals surface area contributed by atoms with Crippen molar-refractivity contribution in [3.05, 3.63) is 48.0 Å². The minimum atomic E-state index is -3.37. The van der Waals surface area contributed by atoms with E-state index in [1.807, 2.05) is 32.0 Å². The van der Waals surface area contributed by atoms with Crippen molar-refractivity contribution >= 4 is 27.3 Å². The number of anilines is 2. The molecule has 2 aromatic carbocycles. The van der Waals surface area contributed by atoms with Gasteiger partial charge in [0.2, 0.25) is 15.9 Å². The highest BCUT2D eigenvalue weighted by molar-refractivity contribution is 7.92. The summed E-state index contributed by atoms with van der Waals surface area (Å²) in [7, 11) is -1.90. The largest absolute Gasteiger partial charge is 0.490 e. The van der Waals surface area contributed by atoms with Crippen molar-refractivity contribution in [2.24, 2.45) is 0 Å². The second-order valence-corrected chi connectivity index (χ2v) is 8.49. The second kappa shape index (κ2) is 10.2. The molecule has 158 valence electrons. The van der Waals surface area contributed by atoms with Crippen molar-refractivity contribution in [3.8, 4) is 11.5 Å². The first-order valence-electron chi connectivity index (χ1n) is 9.47. The Balaban J connectivity index is 2.01. The monoisotopic (exact) mass is 420 g/mol. The lowest BCUT2D eigenvalue weighted by Gasteiger charge is -2.17. The molecule has 0 atom stereocenters. The van der Waals surface area contributed by atoms with Gasteiger partial charge in [0.1, 0.15) is 0 Å². The van der Waals surface area contributed by atoms with E-state index in [1.165, 1.54) is 7.05 Å². The Kier molecular flexibility index (Phi) is 7.90. The van der Waals surface area contributed by atoms with Crippen LogP contribution in [0.15, 0.2) is 42.5 Å². The summed E-state index contributed by atoms with van der Waals surface area (Å²) in [6.45, 7) is 4.90. The average molecular weight is 421 g/mol. The molecule has 0 heterocycles. The zero-order valence-corrected chi connectivity index (χ0v) is 18.1. The summed E-state index contributed by atoms with van der Waals surface area (Å²) in [5, 5.41) is 2.81. The average Bonchev–Trinajstić information content (AvgIpc) is 2.67. The van der Waals surface area contributed by atoms with Crippen LogP contribution in [0.2, 0.25) is 0 Å². The summed E-state index contributed by atoms with van der Waals surface area (Å²) in [5.74, 6) is 1.20. The number of carbonyl (C=O) groups is 1. The molecule has 0 radical (unpaired) electrons. The number of benzene rings is 2. The van der Waals surface area contributed by atoms with E-state index in [2.05, 4.69) is 5.32 Å². The van der Waals surface area contributed by atoms with Crippen molar-refractivity contribution < 1.29 is 22.7 Å². The van der Waals surface area contributed by atoms with Gasteiger partial charge in [-0.2, -0.15) is 0 Å². The van der Waals surface area contributed by atoms with Gasteiger partial charge < -0.3 is 14.8 Å². The zero-order chi connectivity index (χ0) is 21.4. The van der Waals surface area contributed by atoms with E-state index in [0.29, 0.717) is 42.5 Å². The standard InChI is InChI=1S/C21H28N2O5S/c1-5-27-19-12-10-16(14-20(19)28-6-2)11-13-21(24)22-17-8-7-9-18(15-17)23(3)29(4,25)26/h7-10,12,14-15H,5-6,11,13H2,1-4H3,(H,22,24). The lowest BCUT2D eigenvalue weighted by Crippen LogP contribution is -2.24. The Morgan fingerprint density at radius 3 is 2.38 bits per heavy atom. The molecule has 0 fully saturated rings. The van der Waals surface area contributed by atoms with Crippen LogP contribution in [0.3, 0.4) is 0 Å². The maximum absolute atomic E-state index is 12.3. The predicted molar refractivity (Wildman–Crippen MR) is 115 cm³/mol. The number of nitrogens with zero attached hydrogens (tertiary/aromatic N) is 1. The number of hydrogen-bond acceptors (Lipinski definition) is 5. The van der Waals surface area contributed by atoms with E-state index in [1.54, 1.807) is 24.3 Å². The molecule has 0 saturated heterocycles. The molecule has 0 spiro atoms. The molecule has 0 aliphatic carbocycles. The number of amides is 1. The van der Waals surface area contributed by atoms with E-state index >= 15 is 0 Å². The highest BCUT2D eigenvalue weighted by Crippen LogP contribution is 2.29. The molecule has 0 bridgehead atoms. The van der Waals surface area contributed by atoms with Crippen molar-refractivity contribution in [1.82, 2.24) is 0 Å². The first-order chi connectivity index (χ1) is 13.7. The topological polar surface area (TPSA) is 84.9 Å². The Bertz CT molecular complexity index is 944. The lowest BCUT2D eigenvalue weighted by atomic mass is 10.1. The zero-order valence-electron chi connectivity index (χ0n) is 17.3. The number of sulfonamides is 1. The fourth-order valence-corrected chi connectivity index (χ4v) is 3.20. The molecule has 29 heavy (non-hydrogen) atoms. The smallest absolute Gasteiger partial charge is 0.231 e. The normalized spacial score (nSPS) is 11.0. The van der Waals surface area contributed by atoms with Crippen molar-refractivity contribution in [2.45, 2.75) is 26.7 Å². The summed E-state index contributed by atoms with van der Waals surface area (Å²) in [4.78, 5) is 12.3. The van der Waals surface area contributed by atoms with Crippen LogP contribution in [0.1, 0.15) is 25.8 Å². The van der Waals surface area contributed by atoms with Crippen molar-refractivity contribution in [2.75, 3.05) is 36.1 Å². The quantitative estimate of drug-likeness (QED) is 0.636. The first kappa shape index (κ1) is 22.5. The van der Waals surface area contributed by atoms with E-state index in [4.69, 9.17) is 9.47 Å². The lowest BCUT2D eigenvalue weighted by molar-refractivity contribution is -0.116. The molecule has 0 aromatic heterocycles. The van der Waals surface area contributed by atoms with Crippen LogP contribution in [-0.4, -0.2) is 40.8 Å². The number of ether oxygens (including phenoxy) is 2. The minimum absolute atomic E-state index is 0.156. The van der Waals surface area contributed by atoms with Gasteiger partial charge in [0.25, 0.3) is 0 Å². The molecule has 2 aromatic rings. The maximum atomic E-state index is 12.3. The van der Waals surface area contributed by atoms with Crippen LogP contribution >= 0.6 is 0 Å². The van der Waals surface area contributed by atoms with E-state index in [0.717, 1.165) is 16.1 Å². The van der Waals surface area contributed by atoms with Gasteiger partial charge >= 0.3 is 0 Å². The molecule has 7 nitrogen and oxygen atoms in total. The van der Waals surface area contributed by atoms with Crippen LogP contribution in [0, 0.1) is 0 Å². The Labute approximate surface area is 172 Å². The van der Waals surface area contributed by atoms with Gasteiger partial charge in [-0.1, -0.05) is 12.1 Å².